The van der Waals surface area contributed by atoms with Crippen LogP contribution in [-0.4, -0.2) is 28.9 Å². The summed E-state index contributed by atoms with van der Waals surface area (Å²) in [4.78, 5) is 19.7. The molecule has 4 saturated carbocycles. The Morgan fingerprint density at radius 2 is 1.71 bits per heavy atom. The van der Waals surface area contributed by atoms with Gasteiger partial charge in [-0.3, -0.25) is 9.78 Å². The van der Waals surface area contributed by atoms with Gasteiger partial charge in [0.2, 0.25) is 5.91 Å². The van der Waals surface area contributed by atoms with Crippen molar-refractivity contribution in [2.45, 2.75) is 97.3 Å². The van der Waals surface area contributed by atoms with Crippen LogP contribution in [0.5, 0.6) is 0 Å². The van der Waals surface area contributed by atoms with Gasteiger partial charge in [0, 0.05) is 31.9 Å². The highest BCUT2D eigenvalue weighted by Gasteiger charge is 2.50. The Kier molecular flexibility index (Phi) is 7.72. The van der Waals surface area contributed by atoms with E-state index in [9.17, 15) is 4.79 Å². The van der Waals surface area contributed by atoms with Crippen molar-refractivity contribution in [1.29, 1.82) is 0 Å². The summed E-state index contributed by atoms with van der Waals surface area (Å²) in [5, 5.41) is 0. The van der Waals surface area contributed by atoms with Crippen LogP contribution in [0.3, 0.4) is 0 Å². The number of carbonyl (C=O) groups is 1. The number of carbonyl (C=O) groups excluding carboxylic acids is 1. The van der Waals surface area contributed by atoms with Crippen molar-refractivity contribution in [2.24, 2.45) is 29.1 Å². The van der Waals surface area contributed by atoms with Gasteiger partial charge in [0.1, 0.15) is 0 Å². The maximum Gasteiger partial charge on any atom is 0.222 e. The van der Waals surface area contributed by atoms with Crippen LogP contribution in [0.1, 0.15) is 96.5 Å². The average Bonchev–Trinajstić information content (AvgIpc) is 2.74. The van der Waals surface area contributed by atoms with Crippen molar-refractivity contribution in [3.63, 3.8) is 0 Å². The molecule has 4 aliphatic carbocycles. The summed E-state index contributed by atoms with van der Waals surface area (Å²) in [6.07, 6.45) is 20.3. The molecule has 31 heavy (non-hydrogen) atoms. The van der Waals surface area contributed by atoms with Crippen molar-refractivity contribution < 1.29 is 4.79 Å². The fraction of sp³-hybridized carbons (Fsp3) is 0.786. The molecule has 0 spiro atoms. The Morgan fingerprint density at radius 3 is 2.32 bits per heavy atom. The quantitative estimate of drug-likeness (QED) is 0.351. The molecular formula is C28H44N2O. The van der Waals surface area contributed by atoms with E-state index < -0.39 is 0 Å². The molecule has 1 aromatic heterocycles. The van der Waals surface area contributed by atoms with Crippen molar-refractivity contribution in [1.82, 2.24) is 9.88 Å². The zero-order valence-corrected chi connectivity index (χ0v) is 20.0. The molecule has 1 unspecified atom stereocenters. The monoisotopic (exact) mass is 424 g/mol. The van der Waals surface area contributed by atoms with Crippen LogP contribution in [-0.2, 0) is 11.2 Å². The largest absolute Gasteiger partial charge is 0.343 e. The summed E-state index contributed by atoms with van der Waals surface area (Å²) >= 11 is 0. The highest BCUT2D eigenvalue weighted by Crippen LogP contribution is 2.61. The topological polar surface area (TPSA) is 33.2 Å². The number of aromatic nitrogens is 1. The third-order valence-electron chi connectivity index (χ3n) is 8.66. The maximum atomic E-state index is 13.3. The molecule has 4 aliphatic rings. The van der Waals surface area contributed by atoms with Crippen molar-refractivity contribution >= 4 is 5.91 Å². The molecule has 3 heteroatoms. The molecule has 1 heterocycles. The number of rotatable bonds is 12. The van der Waals surface area contributed by atoms with Crippen LogP contribution in [0.4, 0.5) is 0 Å². The van der Waals surface area contributed by atoms with Crippen LogP contribution in [0, 0.1) is 29.1 Å². The number of nitrogens with zero attached hydrogens (tertiary/aromatic N) is 2. The minimum atomic E-state index is 0.406. The van der Waals surface area contributed by atoms with Crippen LogP contribution in [0.25, 0.3) is 0 Å². The lowest BCUT2D eigenvalue weighted by molar-refractivity contribution is -0.133. The first-order valence-electron chi connectivity index (χ1n) is 13.2. The van der Waals surface area contributed by atoms with Crippen LogP contribution < -0.4 is 0 Å². The second-order valence-corrected chi connectivity index (χ2v) is 11.5. The zero-order valence-electron chi connectivity index (χ0n) is 20.0. The summed E-state index contributed by atoms with van der Waals surface area (Å²) in [5.74, 6) is 3.85. The molecule has 0 saturated heterocycles. The van der Waals surface area contributed by atoms with Gasteiger partial charge in [0.15, 0.2) is 0 Å². The molecule has 4 fully saturated rings. The molecule has 5 rings (SSSR count). The normalized spacial score (nSPS) is 29.8. The first kappa shape index (κ1) is 22.8. The Bertz CT molecular complexity index is 665. The number of unbranched alkanes of at least 4 members (excludes halogenated alkanes) is 2. The molecule has 4 bridgehead atoms. The number of pyridine rings is 1. The van der Waals surface area contributed by atoms with Crippen molar-refractivity contribution in [2.75, 3.05) is 13.1 Å². The SMILES string of the molecule is CCCCCN(CCC12CC3CC(CC(C3)C1)C2)C(=O)CC(C)CCc1ccncc1. The Balaban J connectivity index is 1.29. The molecule has 1 atom stereocenters. The Morgan fingerprint density at radius 1 is 1.06 bits per heavy atom. The molecule has 3 nitrogen and oxygen atoms in total. The molecule has 0 aromatic carbocycles. The minimum absolute atomic E-state index is 0.406. The number of amides is 1. The molecule has 0 N–H and O–H groups in total. The zero-order chi connectivity index (χ0) is 21.7. The molecule has 0 aliphatic heterocycles. The van der Waals surface area contributed by atoms with Crippen LogP contribution >= 0.6 is 0 Å². The molecule has 1 amide bonds. The Hall–Kier alpha value is -1.38. The lowest BCUT2D eigenvalue weighted by Crippen LogP contribution is -2.47. The highest BCUT2D eigenvalue weighted by atomic mass is 16.2. The Labute approximate surface area is 190 Å². The van der Waals surface area contributed by atoms with Gasteiger partial charge in [-0.05, 0) is 111 Å². The minimum Gasteiger partial charge on any atom is -0.343 e. The van der Waals surface area contributed by atoms with Gasteiger partial charge in [-0.15, -0.1) is 0 Å². The standard InChI is InChI=1S/C28H44N2O/c1-3-4-5-13-30(27(31)15-22(2)6-7-23-8-11-29-12-9-23)14-10-28-19-24-16-25(20-28)18-26(17-24)21-28/h8-9,11-12,22,24-26H,3-7,10,13-21H2,1-2H3. The van der Waals surface area contributed by atoms with E-state index in [0.29, 0.717) is 23.7 Å². The molecular weight excluding hydrogens is 380 g/mol. The van der Waals surface area contributed by atoms with Gasteiger partial charge in [0.25, 0.3) is 0 Å². The molecule has 0 radical (unpaired) electrons. The summed E-state index contributed by atoms with van der Waals surface area (Å²) in [5.41, 5.74) is 1.90. The van der Waals surface area contributed by atoms with Crippen molar-refractivity contribution in [3.05, 3.63) is 30.1 Å². The highest BCUT2D eigenvalue weighted by molar-refractivity contribution is 5.76. The van der Waals surface area contributed by atoms with Gasteiger partial charge in [-0.2, -0.15) is 0 Å². The van der Waals surface area contributed by atoms with E-state index in [4.69, 9.17) is 0 Å². The second kappa shape index (κ2) is 10.5. The fourth-order valence-electron chi connectivity index (χ4n) is 7.37. The molecule has 172 valence electrons. The average molecular weight is 425 g/mol. The van der Waals surface area contributed by atoms with E-state index >= 15 is 0 Å². The summed E-state index contributed by atoms with van der Waals surface area (Å²) in [7, 11) is 0. The van der Waals surface area contributed by atoms with E-state index in [1.165, 1.54) is 63.4 Å². The number of aryl methyl sites for hydroxylation is 1. The van der Waals surface area contributed by atoms with Gasteiger partial charge < -0.3 is 4.90 Å². The third kappa shape index (κ3) is 6.11. The van der Waals surface area contributed by atoms with E-state index in [0.717, 1.165) is 50.1 Å². The van der Waals surface area contributed by atoms with Crippen LogP contribution in [0.15, 0.2) is 24.5 Å². The first-order chi connectivity index (χ1) is 15.0. The van der Waals surface area contributed by atoms with E-state index in [2.05, 4.69) is 35.9 Å². The number of hydrogen-bond acceptors (Lipinski definition) is 2. The van der Waals surface area contributed by atoms with Gasteiger partial charge in [0.05, 0.1) is 0 Å². The molecule has 1 aromatic rings. The smallest absolute Gasteiger partial charge is 0.222 e. The van der Waals surface area contributed by atoms with Crippen molar-refractivity contribution in [3.8, 4) is 0 Å². The first-order valence-corrected chi connectivity index (χ1v) is 13.2. The van der Waals surface area contributed by atoms with E-state index in [1.807, 2.05) is 12.4 Å². The van der Waals surface area contributed by atoms with Gasteiger partial charge >= 0.3 is 0 Å². The van der Waals surface area contributed by atoms with E-state index in [1.54, 1.807) is 0 Å². The second-order valence-electron chi connectivity index (χ2n) is 11.5. The lowest BCUT2D eigenvalue weighted by Gasteiger charge is -2.57. The summed E-state index contributed by atoms with van der Waals surface area (Å²) in [6, 6.07) is 4.19. The maximum absolute atomic E-state index is 13.3. The lowest BCUT2D eigenvalue weighted by atomic mass is 9.49. The number of hydrogen-bond donors (Lipinski definition) is 0. The fourth-order valence-corrected chi connectivity index (χ4v) is 7.37. The van der Waals surface area contributed by atoms with E-state index in [-0.39, 0.29) is 0 Å². The third-order valence-corrected chi connectivity index (χ3v) is 8.66. The summed E-state index contributed by atoms with van der Waals surface area (Å²) < 4.78 is 0. The van der Waals surface area contributed by atoms with Gasteiger partial charge in [-0.25, -0.2) is 0 Å². The summed E-state index contributed by atoms with van der Waals surface area (Å²) in [6.45, 7) is 6.48. The van der Waals surface area contributed by atoms with Crippen LogP contribution in [0.2, 0.25) is 0 Å². The van der Waals surface area contributed by atoms with Gasteiger partial charge in [-0.1, -0.05) is 26.7 Å². The predicted octanol–water partition coefficient (Wildman–Crippen LogP) is 6.67. The predicted molar refractivity (Wildman–Crippen MR) is 128 cm³/mol.